The molecular formula is C14H8F4N4S. The Hall–Kier alpha value is -2.42. The molecule has 0 radical (unpaired) electrons. The van der Waals surface area contributed by atoms with Crippen LogP contribution in [0.5, 0.6) is 0 Å². The third-order valence-corrected chi connectivity index (χ3v) is 3.67. The maximum absolute atomic E-state index is 12.9. The van der Waals surface area contributed by atoms with Crippen LogP contribution < -0.4 is 0 Å². The van der Waals surface area contributed by atoms with Gasteiger partial charge in [-0.3, -0.25) is 0 Å². The standard InChI is InChI=1S/C14H8F4N4S/c15-9-3-1-8(2-4-9)10-7-19-13(20-10)23-12-6-5-11(21-22-12)14(16,17)18/h1-7H,(H,19,20). The Kier molecular flexibility index (Phi) is 4.03. The van der Waals surface area contributed by atoms with Gasteiger partial charge in [-0.25, -0.2) is 9.37 Å². The Labute approximate surface area is 132 Å². The van der Waals surface area contributed by atoms with E-state index in [1.165, 1.54) is 18.2 Å². The van der Waals surface area contributed by atoms with E-state index in [2.05, 4.69) is 20.2 Å². The molecule has 3 aromatic rings. The van der Waals surface area contributed by atoms with Crippen LogP contribution in [0, 0.1) is 5.82 Å². The van der Waals surface area contributed by atoms with E-state index >= 15 is 0 Å². The predicted molar refractivity (Wildman–Crippen MR) is 75.1 cm³/mol. The SMILES string of the molecule is Fc1ccc(-c2cnc(Sc3ccc(C(F)(F)F)nn3)[nH]2)cc1. The summed E-state index contributed by atoms with van der Waals surface area (Å²) in [6.45, 7) is 0. The van der Waals surface area contributed by atoms with E-state index in [4.69, 9.17) is 0 Å². The first-order valence-electron chi connectivity index (χ1n) is 6.31. The summed E-state index contributed by atoms with van der Waals surface area (Å²) in [6, 6.07) is 7.92. The number of hydrogen-bond acceptors (Lipinski definition) is 4. The number of rotatable bonds is 3. The molecule has 0 amide bonds. The molecule has 0 aliphatic carbocycles. The maximum Gasteiger partial charge on any atom is 0.435 e. The van der Waals surface area contributed by atoms with Gasteiger partial charge < -0.3 is 4.98 Å². The van der Waals surface area contributed by atoms with E-state index in [-0.39, 0.29) is 10.8 Å². The van der Waals surface area contributed by atoms with Gasteiger partial charge in [-0.1, -0.05) is 0 Å². The molecule has 23 heavy (non-hydrogen) atoms. The van der Waals surface area contributed by atoms with E-state index in [0.717, 1.165) is 23.4 Å². The van der Waals surface area contributed by atoms with Gasteiger partial charge in [0.1, 0.15) is 10.8 Å². The topological polar surface area (TPSA) is 54.5 Å². The molecule has 2 aromatic heterocycles. The summed E-state index contributed by atoms with van der Waals surface area (Å²) in [5.41, 5.74) is 0.352. The smallest absolute Gasteiger partial charge is 0.333 e. The largest absolute Gasteiger partial charge is 0.435 e. The molecule has 0 atom stereocenters. The molecule has 0 bridgehead atoms. The van der Waals surface area contributed by atoms with Crippen LogP contribution in [0.4, 0.5) is 17.6 Å². The molecule has 0 saturated carbocycles. The minimum Gasteiger partial charge on any atom is -0.333 e. The van der Waals surface area contributed by atoms with Gasteiger partial charge in [0.25, 0.3) is 0 Å². The van der Waals surface area contributed by atoms with Crippen molar-refractivity contribution in [1.82, 2.24) is 20.2 Å². The van der Waals surface area contributed by atoms with Crippen molar-refractivity contribution < 1.29 is 17.6 Å². The van der Waals surface area contributed by atoms with Crippen LogP contribution in [0.2, 0.25) is 0 Å². The Morgan fingerprint density at radius 3 is 2.30 bits per heavy atom. The highest BCUT2D eigenvalue weighted by molar-refractivity contribution is 7.99. The van der Waals surface area contributed by atoms with Crippen LogP contribution in [0.15, 0.2) is 52.8 Å². The van der Waals surface area contributed by atoms with Crippen molar-refractivity contribution in [3.63, 3.8) is 0 Å². The van der Waals surface area contributed by atoms with E-state index < -0.39 is 11.9 Å². The molecule has 9 heteroatoms. The van der Waals surface area contributed by atoms with Crippen molar-refractivity contribution in [1.29, 1.82) is 0 Å². The number of hydrogen-bond donors (Lipinski definition) is 1. The molecule has 0 spiro atoms. The summed E-state index contributed by atoms with van der Waals surface area (Å²) < 4.78 is 50.1. The fourth-order valence-corrected chi connectivity index (χ4v) is 2.44. The summed E-state index contributed by atoms with van der Waals surface area (Å²) in [6.07, 6.45) is -2.97. The summed E-state index contributed by atoms with van der Waals surface area (Å²) in [4.78, 5) is 7.09. The fourth-order valence-electron chi connectivity index (χ4n) is 1.76. The van der Waals surface area contributed by atoms with Crippen molar-refractivity contribution in [2.45, 2.75) is 16.4 Å². The van der Waals surface area contributed by atoms with Gasteiger partial charge in [-0.2, -0.15) is 13.2 Å². The quantitative estimate of drug-likeness (QED) is 0.727. The van der Waals surface area contributed by atoms with Crippen LogP contribution in [-0.4, -0.2) is 20.2 Å². The summed E-state index contributed by atoms with van der Waals surface area (Å²) in [5.74, 6) is -0.345. The van der Waals surface area contributed by atoms with Crippen molar-refractivity contribution in [3.8, 4) is 11.3 Å². The molecule has 0 saturated heterocycles. The normalized spacial score (nSPS) is 11.7. The number of alkyl halides is 3. The first kappa shape index (κ1) is 15.5. The second-order valence-corrected chi connectivity index (χ2v) is 5.47. The zero-order valence-corrected chi connectivity index (χ0v) is 12.1. The first-order chi connectivity index (χ1) is 10.9. The van der Waals surface area contributed by atoms with Gasteiger partial charge in [0, 0.05) is 0 Å². The Morgan fingerprint density at radius 2 is 1.70 bits per heavy atom. The number of benzene rings is 1. The average Bonchev–Trinajstić information content (AvgIpc) is 2.96. The lowest BCUT2D eigenvalue weighted by Crippen LogP contribution is -2.08. The van der Waals surface area contributed by atoms with Gasteiger partial charge in [0.05, 0.1) is 11.9 Å². The maximum atomic E-state index is 12.9. The molecule has 1 aromatic carbocycles. The molecule has 2 heterocycles. The fraction of sp³-hybridized carbons (Fsp3) is 0.0714. The van der Waals surface area contributed by atoms with Crippen LogP contribution in [0.25, 0.3) is 11.3 Å². The second kappa shape index (κ2) is 5.99. The zero-order valence-electron chi connectivity index (χ0n) is 11.3. The molecule has 4 nitrogen and oxygen atoms in total. The number of aromatic nitrogens is 4. The lowest BCUT2D eigenvalue weighted by Gasteiger charge is -2.04. The molecule has 0 aliphatic heterocycles. The van der Waals surface area contributed by atoms with Gasteiger partial charge in [-0.15, -0.1) is 10.2 Å². The number of imidazole rings is 1. The van der Waals surface area contributed by atoms with E-state index in [0.29, 0.717) is 10.9 Å². The molecule has 0 unspecified atom stereocenters. The Balaban J connectivity index is 1.75. The third kappa shape index (κ3) is 3.67. The lowest BCUT2D eigenvalue weighted by molar-refractivity contribution is -0.141. The predicted octanol–water partition coefficient (Wildman–Crippen LogP) is 4.18. The number of nitrogens with one attached hydrogen (secondary N) is 1. The van der Waals surface area contributed by atoms with E-state index in [1.807, 2.05) is 0 Å². The van der Waals surface area contributed by atoms with E-state index in [1.54, 1.807) is 18.3 Å². The van der Waals surface area contributed by atoms with Gasteiger partial charge in [0.2, 0.25) is 0 Å². The number of halogens is 4. The van der Waals surface area contributed by atoms with Crippen molar-refractivity contribution in [3.05, 3.63) is 54.1 Å². The van der Waals surface area contributed by atoms with Crippen LogP contribution in [0.3, 0.4) is 0 Å². The van der Waals surface area contributed by atoms with Crippen LogP contribution >= 0.6 is 11.8 Å². The molecule has 0 fully saturated rings. The average molecular weight is 340 g/mol. The lowest BCUT2D eigenvalue weighted by atomic mass is 10.2. The highest BCUT2D eigenvalue weighted by Crippen LogP contribution is 2.29. The van der Waals surface area contributed by atoms with Gasteiger partial charge in [0.15, 0.2) is 10.9 Å². The van der Waals surface area contributed by atoms with Crippen molar-refractivity contribution in [2.75, 3.05) is 0 Å². The molecule has 118 valence electrons. The van der Waals surface area contributed by atoms with Crippen molar-refractivity contribution in [2.24, 2.45) is 0 Å². The van der Waals surface area contributed by atoms with E-state index in [9.17, 15) is 17.6 Å². The Bertz CT molecular complexity index is 797. The van der Waals surface area contributed by atoms with Crippen LogP contribution in [0.1, 0.15) is 5.69 Å². The highest BCUT2D eigenvalue weighted by atomic mass is 32.2. The second-order valence-electron chi connectivity index (χ2n) is 4.47. The highest BCUT2D eigenvalue weighted by Gasteiger charge is 2.32. The molecular weight excluding hydrogens is 332 g/mol. The van der Waals surface area contributed by atoms with Crippen LogP contribution in [-0.2, 0) is 6.18 Å². The molecule has 3 rings (SSSR count). The molecule has 1 N–H and O–H groups in total. The number of H-pyrrole nitrogens is 1. The van der Waals surface area contributed by atoms with Gasteiger partial charge in [-0.05, 0) is 53.7 Å². The first-order valence-corrected chi connectivity index (χ1v) is 7.13. The summed E-state index contributed by atoms with van der Waals surface area (Å²) in [7, 11) is 0. The summed E-state index contributed by atoms with van der Waals surface area (Å²) in [5, 5.41) is 7.38. The minimum atomic E-state index is -4.52. The Morgan fingerprint density at radius 1 is 0.957 bits per heavy atom. The van der Waals surface area contributed by atoms with Gasteiger partial charge >= 0.3 is 6.18 Å². The monoisotopic (exact) mass is 340 g/mol. The zero-order chi connectivity index (χ0) is 16.4. The van der Waals surface area contributed by atoms with Crippen molar-refractivity contribution >= 4 is 11.8 Å². The number of aromatic amines is 1. The summed E-state index contributed by atoms with van der Waals surface area (Å²) >= 11 is 1.04. The number of nitrogens with zero attached hydrogens (tertiary/aromatic N) is 3. The third-order valence-electron chi connectivity index (χ3n) is 2.84. The molecule has 0 aliphatic rings. The minimum absolute atomic E-state index is 0.276.